The summed E-state index contributed by atoms with van der Waals surface area (Å²) in [4.78, 5) is 21.2. The number of carbonyl (C=O) groups is 2. The third kappa shape index (κ3) is 4.23. The number of urea groups is 1. The van der Waals surface area contributed by atoms with Gasteiger partial charge in [-0.25, -0.2) is 4.79 Å². The molecule has 14 heavy (non-hydrogen) atoms. The van der Waals surface area contributed by atoms with E-state index in [1.165, 1.54) is 25.7 Å². The van der Waals surface area contributed by atoms with E-state index >= 15 is 0 Å². The van der Waals surface area contributed by atoms with Gasteiger partial charge in [0.1, 0.15) is 0 Å². The molecule has 1 aliphatic carbocycles. The third-order valence-corrected chi connectivity index (χ3v) is 2.46. The number of hydrogen-bond acceptors (Lipinski definition) is 3. The molecule has 80 valence electrons. The van der Waals surface area contributed by atoms with Crippen LogP contribution < -0.4 is 16.4 Å². The van der Waals surface area contributed by atoms with Gasteiger partial charge < -0.3 is 11.1 Å². The zero-order valence-corrected chi connectivity index (χ0v) is 8.21. The van der Waals surface area contributed by atoms with Gasteiger partial charge >= 0.3 is 6.03 Å². The van der Waals surface area contributed by atoms with E-state index in [1.54, 1.807) is 0 Å². The van der Waals surface area contributed by atoms with Crippen molar-refractivity contribution in [2.75, 3.05) is 13.1 Å². The zero-order chi connectivity index (χ0) is 10.4. The van der Waals surface area contributed by atoms with Crippen LogP contribution in [0.1, 0.15) is 25.7 Å². The minimum atomic E-state index is -0.794. The number of nitrogens with two attached hydrogens (primary N) is 1. The van der Waals surface area contributed by atoms with Crippen molar-refractivity contribution in [3.8, 4) is 0 Å². The van der Waals surface area contributed by atoms with Gasteiger partial charge in [-0.2, -0.15) is 0 Å². The van der Waals surface area contributed by atoms with E-state index in [2.05, 4.69) is 5.32 Å². The van der Waals surface area contributed by atoms with Gasteiger partial charge in [0, 0.05) is 0 Å². The Morgan fingerprint density at radius 2 is 1.93 bits per heavy atom. The Kier molecular flexibility index (Phi) is 4.39. The summed E-state index contributed by atoms with van der Waals surface area (Å²) < 4.78 is 0. The molecular formula is C9H17N3O2. The second-order valence-corrected chi connectivity index (χ2v) is 3.69. The highest BCUT2D eigenvalue weighted by Crippen LogP contribution is 2.23. The fraction of sp³-hybridized carbons (Fsp3) is 0.778. The first kappa shape index (κ1) is 11.0. The van der Waals surface area contributed by atoms with Crippen LogP contribution in [0.4, 0.5) is 4.79 Å². The van der Waals surface area contributed by atoms with Gasteiger partial charge in [0.05, 0.1) is 6.54 Å². The molecule has 5 heteroatoms. The summed E-state index contributed by atoms with van der Waals surface area (Å²) in [5, 5.41) is 5.02. The summed E-state index contributed by atoms with van der Waals surface area (Å²) in [6.07, 6.45) is 5.06. The average molecular weight is 199 g/mol. The normalized spacial score (nSPS) is 16.9. The van der Waals surface area contributed by atoms with Crippen molar-refractivity contribution in [2.24, 2.45) is 11.7 Å². The number of rotatable bonds is 4. The Hall–Kier alpha value is -1.10. The van der Waals surface area contributed by atoms with Gasteiger partial charge in [0.25, 0.3) is 0 Å². The molecule has 4 N–H and O–H groups in total. The molecule has 0 aliphatic heterocycles. The van der Waals surface area contributed by atoms with E-state index in [0.717, 1.165) is 6.54 Å². The minimum absolute atomic E-state index is 0.166. The lowest BCUT2D eigenvalue weighted by molar-refractivity contribution is -0.119. The zero-order valence-electron chi connectivity index (χ0n) is 8.21. The number of carbonyl (C=O) groups excluding carboxylic acids is 2. The molecule has 0 radical (unpaired) electrons. The third-order valence-electron chi connectivity index (χ3n) is 2.46. The van der Waals surface area contributed by atoms with Crippen LogP contribution in [0.2, 0.25) is 0 Å². The summed E-state index contributed by atoms with van der Waals surface area (Å²) in [5.41, 5.74) is 4.79. The summed E-state index contributed by atoms with van der Waals surface area (Å²) in [5.74, 6) is 0.326. The Bertz CT molecular complexity index is 212. The van der Waals surface area contributed by atoms with Gasteiger partial charge in [0.15, 0.2) is 0 Å². The van der Waals surface area contributed by atoms with Gasteiger partial charge in [-0.15, -0.1) is 0 Å². The standard InChI is InChI=1S/C9H17N3O2/c10-9(14)12-8(13)6-11-5-7-3-1-2-4-7/h7,11H,1-6H2,(H3,10,12,13,14). The molecule has 0 saturated heterocycles. The average Bonchev–Trinajstić information content (AvgIpc) is 2.55. The van der Waals surface area contributed by atoms with E-state index in [-0.39, 0.29) is 12.5 Å². The molecule has 0 unspecified atom stereocenters. The van der Waals surface area contributed by atoms with Gasteiger partial charge in [-0.05, 0) is 25.3 Å². The molecule has 0 atom stereocenters. The lowest BCUT2D eigenvalue weighted by Crippen LogP contribution is -2.41. The van der Waals surface area contributed by atoms with E-state index in [4.69, 9.17) is 5.73 Å². The lowest BCUT2D eigenvalue weighted by atomic mass is 10.1. The van der Waals surface area contributed by atoms with E-state index in [1.807, 2.05) is 5.32 Å². The Morgan fingerprint density at radius 3 is 2.50 bits per heavy atom. The largest absolute Gasteiger partial charge is 0.351 e. The molecule has 1 aliphatic rings. The van der Waals surface area contributed by atoms with E-state index in [0.29, 0.717) is 5.92 Å². The molecule has 0 heterocycles. The SMILES string of the molecule is NC(=O)NC(=O)CNCC1CCCC1. The predicted octanol–water partition coefficient (Wildman–Crippen LogP) is -0.0389. The lowest BCUT2D eigenvalue weighted by Gasteiger charge is -2.09. The molecule has 5 nitrogen and oxygen atoms in total. The second-order valence-electron chi connectivity index (χ2n) is 3.69. The van der Waals surface area contributed by atoms with Crippen LogP contribution in [-0.2, 0) is 4.79 Å². The van der Waals surface area contributed by atoms with Crippen LogP contribution in [-0.4, -0.2) is 25.0 Å². The van der Waals surface area contributed by atoms with Crippen molar-refractivity contribution in [1.82, 2.24) is 10.6 Å². The van der Waals surface area contributed by atoms with Crippen molar-refractivity contribution in [3.63, 3.8) is 0 Å². The van der Waals surface area contributed by atoms with Crippen molar-refractivity contribution < 1.29 is 9.59 Å². The molecule has 1 saturated carbocycles. The van der Waals surface area contributed by atoms with Gasteiger partial charge in [-0.3, -0.25) is 10.1 Å². The van der Waals surface area contributed by atoms with Crippen LogP contribution >= 0.6 is 0 Å². The Balaban J connectivity index is 2.02. The molecule has 0 bridgehead atoms. The van der Waals surface area contributed by atoms with Crippen molar-refractivity contribution >= 4 is 11.9 Å². The Morgan fingerprint density at radius 1 is 1.29 bits per heavy atom. The van der Waals surface area contributed by atoms with Crippen molar-refractivity contribution in [1.29, 1.82) is 0 Å². The predicted molar refractivity (Wildman–Crippen MR) is 52.6 cm³/mol. The first-order chi connectivity index (χ1) is 6.68. The first-order valence-corrected chi connectivity index (χ1v) is 4.98. The summed E-state index contributed by atoms with van der Waals surface area (Å²) in [7, 11) is 0. The highest BCUT2D eigenvalue weighted by molar-refractivity contribution is 5.94. The molecule has 0 spiro atoms. The van der Waals surface area contributed by atoms with E-state index < -0.39 is 6.03 Å². The topological polar surface area (TPSA) is 84.2 Å². The maximum atomic E-state index is 11.0. The maximum absolute atomic E-state index is 11.0. The van der Waals surface area contributed by atoms with E-state index in [9.17, 15) is 9.59 Å². The van der Waals surface area contributed by atoms with Crippen LogP contribution in [0.25, 0.3) is 0 Å². The molecule has 0 aromatic rings. The van der Waals surface area contributed by atoms with Gasteiger partial charge in [0.2, 0.25) is 5.91 Å². The van der Waals surface area contributed by atoms with Gasteiger partial charge in [-0.1, -0.05) is 12.8 Å². The summed E-state index contributed by atoms with van der Waals surface area (Å²) in [6.45, 7) is 1.02. The number of amides is 3. The first-order valence-electron chi connectivity index (χ1n) is 4.98. The van der Waals surface area contributed by atoms with Crippen molar-refractivity contribution in [2.45, 2.75) is 25.7 Å². The van der Waals surface area contributed by atoms with Crippen LogP contribution in [0, 0.1) is 5.92 Å². The fourth-order valence-corrected chi connectivity index (χ4v) is 1.79. The van der Waals surface area contributed by atoms with Crippen LogP contribution in [0.15, 0.2) is 0 Å². The van der Waals surface area contributed by atoms with Crippen LogP contribution in [0.3, 0.4) is 0 Å². The smallest absolute Gasteiger partial charge is 0.318 e. The maximum Gasteiger partial charge on any atom is 0.318 e. The highest BCUT2D eigenvalue weighted by Gasteiger charge is 2.14. The minimum Gasteiger partial charge on any atom is -0.351 e. The van der Waals surface area contributed by atoms with Crippen molar-refractivity contribution in [3.05, 3.63) is 0 Å². The quantitative estimate of drug-likeness (QED) is 0.594. The summed E-state index contributed by atoms with van der Waals surface area (Å²) in [6, 6.07) is -0.794. The second kappa shape index (κ2) is 5.59. The molecule has 1 rings (SSSR count). The van der Waals surface area contributed by atoms with Crippen LogP contribution in [0.5, 0.6) is 0 Å². The fourth-order valence-electron chi connectivity index (χ4n) is 1.79. The number of imide groups is 1. The molecule has 0 aromatic carbocycles. The molecular weight excluding hydrogens is 182 g/mol. The number of hydrogen-bond donors (Lipinski definition) is 3. The monoisotopic (exact) mass is 199 g/mol. The Labute approximate surface area is 83.4 Å². The molecule has 3 amide bonds. The molecule has 1 fully saturated rings. The highest BCUT2D eigenvalue weighted by atomic mass is 16.2. The number of primary amides is 1. The molecule has 0 aromatic heterocycles. The summed E-state index contributed by atoms with van der Waals surface area (Å²) >= 11 is 0. The number of nitrogens with one attached hydrogen (secondary N) is 2.